The molecule has 7 heteroatoms. The summed E-state index contributed by atoms with van der Waals surface area (Å²) in [4.78, 5) is 4.61. The van der Waals surface area contributed by atoms with Gasteiger partial charge >= 0.3 is 6.36 Å². The molecule has 0 N–H and O–H groups in total. The average Bonchev–Trinajstić information content (AvgIpc) is 3.11. The van der Waals surface area contributed by atoms with Gasteiger partial charge in [-0.25, -0.2) is 9.13 Å². The van der Waals surface area contributed by atoms with Gasteiger partial charge in [0.2, 0.25) is 0 Å². The molecule has 2 aromatic carbocycles. The molecular weight excluding hydrogens is 343 g/mol. The van der Waals surface area contributed by atoms with Gasteiger partial charge in [0, 0.05) is 11.5 Å². The third-order valence-electron chi connectivity index (χ3n) is 3.85. The molecule has 0 unspecified atom stereocenters. The fourth-order valence-corrected chi connectivity index (χ4v) is 2.66. The van der Waals surface area contributed by atoms with E-state index >= 15 is 0 Å². The molecular formula is C19H13F3N3O+. The summed E-state index contributed by atoms with van der Waals surface area (Å²) in [6, 6.07) is 17.4. The van der Waals surface area contributed by atoms with E-state index in [4.69, 9.17) is 0 Å². The largest absolute Gasteiger partial charge is 0.573 e. The maximum absolute atomic E-state index is 12.2. The van der Waals surface area contributed by atoms with Gasteiger partial charge in [0.15, 0.2) is 6.33 Å². The summed E-state index contributed by atoms with van der Waals surface area (Å²) in [6.45, 7) is 0. The average molecular weight is 356 g/mol. The fraction of sp³-hybridized carbons (Fsp3) is 0.0526. The van der Waals surface area contributed by atoms with Crippen molar-refractivity contribution < 1.29 is 22.5 Å². The number of rotatable bonds is 3. The monoisotopic (exact) mass is 356 g/mol. The summed E-state index contributed by atoms with van der Waals surface area (Å²) in [7, 11) is 0. The van der Waals surface area contributed by atoms with E-state index in [2.05, 4.69) is 9.72 Å². The molecule has 0 spiro atoms. The molecule has 26 heavy (non-hydrogen) atoms. The smallest absolute Gasteiger partial charge is 0.406 e. The Morgan fingerprint density at radius 3 is 2.46 bits per heavy atom. The maximum Gasteiger partial charge on any atom is 0.573 e. The SMILES string of the molecule is FC(F)(F)Oc1ccc(-n2cc[n+](-c3ccc4ccccc4n3)c2)cc1. The van der Waals surface area contributed by atoms with Crippen LogP contribution in [-0.4, -0.2) is 15.9 Å². The van der Waals surface area contributed by atoms with Gasteiger partial charge in [0.1, 0.15) is 23.2 Å². The van der Waals surface area contributed by atoms with E-state index in [1.807, 2.05) is 47.2 Å². The van der Waals surface area contributed by atoms with Crippen LogP contribution in [0, 0.1) is 0 Å². The second-order valence-electron chi connectivity index (χ2n) is 5.63. The van der Waals surface area contributed by atoms with E-state index in [0.717, 1.165) is 16.7 Å². The van der Waals surface area contributed by atoms with Crippen molar-refractivity contribution in [2.45, 2.75) is 6.36 Å². The maximum atomic E-state index is 12.2. The molecule has 0 aliphatic heterocycles. The lowest BCUT2D eigenvalue weighted by Crippen LogP contribution is -2.28. The Bertz CT molecular complexity index is 1060. The minimum atomic E-state index is -4.69. The molecule has 2 heterocycles. The van der Waals surface area contributed by atoms with Crippen LogP contribution in [0.2, 0.25) is 0 Å². The van der Waals surface area contributed by atoms with Gasteiger partial charge in [0.05, 0.1) is 6.20 Å². The van der Waals surface area contributed by atoms with Gasteiger partial charge < -0.3 is 4.74 Å². The molecule has 0 aliphatic rings. The zero-order valence-electron chi connectivity index (χ0n) is 13.4. The molecule has 4 nitrogen and oxygen atoms in total. The Morgan fingerprint density at radius 1 is 0.923 bits per heavy atom. The first-order chi connectivity index (χ1) is 12.5. The number of pyridine rings is 1. The Morgan fingerprint density at radius 2 is 1.69 bits per heavy atom. The van der Waals surface area contributed by atoms with Crippen molar-refractivity contribution in [3.8, 4) is 17.3 Å². The Kier molecular flexibility index (Phi) is 3.84. The van der Waals surface area contributed by atoms with Crippen LogP contribution in [-0.2, 0) is 0 Å². The van der Waals surface area contributed by atoms with Crippen LogP contribution in [0.3, 0.4) is 0 Å². The first kappa shape index (κ1) is 16.1. The van der Waals surface area contributed by atoms with Crippen LogP contribution >= 0.6 is 0 Å². The summed E-state index contributed by atoms with van der Waals surface area (Å²) < 4.78 is 44.2. The summed E-state index contributed by atoms with van der Waals surface area (Å²) in [5.41, 5.74) is 1.60. The van der Waals surface area contributed by atoms with E-state index in [1.165, 1.54) is 12.1 Å². The number of halogens is 3. The second-order valence-corrected chi connectivity index (χ2v) is 5.63. The number of ether oxygens (including phenoxy) is 1. The highest BCUT2D eigenvalue weighted by atomic mass is 19.4. The minimum absolute atomic E-state index is 0.252. The lowest BCUT2D eigenvalue weighted by Gasteiger charge is -2.08. The van der Waals surface area contributed by atoms with Crippen molar-refractivity contribution in [2.75, 3.05) is 0 Å². The van der Waals surface area contributed by atoms with Crippen molar-refractivity contribution in [2.24, 2.45) is 0 Å². The predicted molar refractivity (Wildman–Crippen MR) is 89.3 cm³/mol. The Balaban J connectivity index is 1.61. The van der Waals surface area contributed by atoms with Crippen molar-refractivity contribution in [1.29, 1.82) is 0 Å². The van der Waals surface area contributed by atoms with Gasteiger partial charge in [0.25, 0.3) is 5.82 Å². The zero-order valence-corrected chi connectivity index (χ0v) is 13.4. The molecule has 0 amide bonds. The van der Waals surface area contributed by atoms with E-state index in [9.17, 15) is 13.2 Å². The number of imidazole rings is 1. The number of benzene rings is 2. The highest BCUT2D eigenvalue weighted by molar-refractivity contribution is 5.78. The number of fused-ring (bicyclic) bond motifs is 1. The number of aromatic nitrogens is 3. The van der Waals surface area contributed by atoms with Crippen LogP contribution in [0.1, 0.15) is 0 Å². The summed E-state index contributed by atoms with van der Waals surface area (Å²) in [5, 5.41) is 1.05. The van der Waals surface area contributed by atoms with Crippen molar-refractivity contribution in [3.63, 3.8) is 0 Å². The molecule has 0 fully saturated rings. The Hall–Kier alpha value is -3.35. The fourth-order valence-electron chi connectivity index (χ4n) is 2.66. The first-order valence-electron chi connectivity index (χ1n) is 7.80. The highest BCUT2D eigenvalue weighted by Gasteiger charge is 2.31. The molecule has 4 rings (SSSR count). The summed E-state index contributed by atoms with van der Waals surface area (Å²) in [5.74, 6) is 0.497. The predicted octanol–water partition coefficient (Wildman–Crippen LogP) is 4.20. The topological polar surface area (TPSA) is 30.9 Å². The first-order valence-corrected chi connectivity index (χ1v) is 7.80. The molecule has 0 bridgehead atoms. The minimum Gasteiger partial charge on any atom is -0.406 e. The van der Waals surface area contributed by atoms with Gasteiger partial charge in [-0.2, -0.15) is 0 Å². The second kappa shape index (κ2) is 6.18. The number of nitrogens with zero attached hydrogens (tertiary/aromatic N) is 3. The highest BCUT2D eigenvalue weighted by Crippen LogP contribution is 2.23. The molecule has 0 saturated carbocycles. The van der Waals surface area contributed by atoms with Gasteiger partial charge in [-0.3, -0.25) is 0 Å². The number of para-hydroxylation sites is 1. The van der Waals surface area contributed by atoms with Crippen LogP contribution in [0.25, 0.3) is 22.4 Å². The van der Waals surface area contributed by atoms with E-state index in [0.29, 0.717) is 5.69 Å². The molecule has 0 radical (unpaired) electrons. The van der Waals surface area contributed by atoms with E-state index in [1.54, 1.807) is 29.2 Å². The molecule has 0 atom stereocenters. The van der Waals surface area contributed by atoms with Crippen LogP contribution in [0.15, 0.2) is 79.4 Å². The molecule has 0 aliphatic carbocycles. The van der Waals surface area contributed by atoms with Crippen molar-refractivity contribution in [3.05, 3.63) is 79.4 Å². The molecule has 2 aromatic heterocycles. The summed E-state index contributed by atoms with van der Waals surface area (Å²) >= 11 is 0. The lowest BCUT2D eigenvalue weighted by molar-refractivity contribution is -0.598. The summed E-state index contributed by atoms with van der Waals surface area (Å²) in [6.07, 6.45) is 0.740. The van der Waals surface area contributed by atoms with Crippen LogP contribution in [0.4, 0.5) is 13.2 Å². The van der Waals surface area contributed by atoms with Gasteiger partial charge in [-0.05, 0) is 36.4 Å². The lowest BCUT2D eigenvalue weighted by atomic mass is 10.2. The number of alkyl halides is 3. The standard InChI is InChI=1S/C19H13F3N3O/c20-19(21,22)26-16-8-6-15(7-9-16)24-11-12-25(13-24)18-10-5-14-3-1-2-4-17(14)23-18/h1-13H/q+1. The molecule has 4 aromatic rings. The third-order valence-corrected chi connectivity index (χ3v) is 3.85. The van der Waals surface area contributed by atoms with Crippen LogP contribution in [0.5, 0.6) is 5.75 Å². The number of hydrogen-bond donors (Lipinski definition) is 0. The number of hydrogen-bond acceptors (Lipinski definition) is 2. The molecule has 0 saturated heterocycles. The van der Waals surface area contributed by atoms with Gasteiger partial charge in [-0.1, -0.05) is 18.2 Å². The van der Waals surface area contributed by atoms with Crippen molar-refractivity contribution >= 4 is 10.9 Å². The molecule has 130 valence electrons. The van der Waals surface area contributed by atoms with Crippen LogP contribution < -0.4 is 9.30 Å². The normalized spacial score (nSPS) is 11.7. The van der Waals surface area contributed by atoms with E-state index < -0.39 is 6.36 Å². The quantitative estimate of drug-likeness (QED) is 0.515. The van der Waals surface area contributed by atoms with Crippen molar-refractivity contribution in [1.82, 2.24) is 9.55 Å². The van der Waals surface area contributed by atoms with Gasteiger partial charge in [-0.15, -0.1) is 18.2 Å². The zero-order chi connectivity index (χ0) is 18.1. The Labute approximate surface area is 146 Å². The van der Waals surface area contributed by atoms with E-state index in [-0.39, 0.29) is 5.75 Å². The third kappa shape index (κ3) is 3.37.